The number of carbonyl (C=O) groups is 1. The van der Waals surface area contributed by atoms with Crippen molar-refractivity contribution < 1.29 is 4.79 Å². The van der Waals surface area contributed by atoms with Gasteiger partial charge in [-0.3, -0.25) is 9.78 Å². The first-order chi connectivity index (χ1) is 10.1. The third-order valence-electron chi connectivity index (χ3n) is 3.40. The Morgan fingerprint density at radius 3 is 2.95 bits per heavy atom. The van der Waals surface area contributed by atoms with E-state index in [0.717, 1.165) is 11.9 Å². The molecule has 1 aromatic carbocycles. The van der Waals surface area contributed by atoms with Crippen LogP contribution in [0.5, 0.6) is 0 Å². The Morgan fingerprint density at radius 2 is 2.14 bits per heavy atom. The van der Waals surface area contributed by atoms with Crippen LogP contribution >= 0.6 is 0 Å². The van der Waals surface area contributed by atoms with Crippen molar-refractivity contribution in [3.8, 4) is 0 Å². The largest absolute Gasteiger partial charge is 0.288 e. The van der Waals surface area contributed by atoms with Gasteiger partial charge in [-0.15, -0.1) is 0 Å². The monoisotopic (exact) mass is 279 g/mol. The molecule has 0 N–H and O–H groups in total. The number of ketones is 1. The van der Waals surface area contributed by atoms with Crippen LogP contribution in [0.25, 0.3) is 5.52 Å². The Balaban J connectivity index is 1.98. The van der Waals surface area contributed by atoms with Crippen LogP contribution in [0, 0.1) is 5.92 Å². The maximum atomic E-state index is 12.7. The van der Waals surface area contributed by atoms with Gasteiger partial charge in [0, 0.05) is 18.0 Å². The number of nitrogens with zero attached hydrogens (tertiary/aromatic N) is 3. The van der Waals surface area contributed by atoms with E-state index in [4.69, 9.17) is 0 Å². The smallest absolute Gasteiger partial charge is 0.196 e. The molecule has 0 bridgehead atoms. The second-order valence-electron chi connectivity index (χ2n) is 5.59. The van der Waals surface area contributed by atoms with Gasteiger partial charge in [-0.05, 0) is 24.0 Å². The molecule has 4 nitrogen and oxygen atoms in total. The van der Waals surface area contributed by atoms with Crippen LogP contribution in [-0.2, 0) is 6.42 Å². The molecule has 0 atom stereocenters. The molecule has 2 heterocycles. The molecule has 0 amide bonds. The molecule has 4 heteroatoms. The average Bonchev–Trinajstić information content (AvgIpc) is 2.90. The van der Waals surface area contributed by atoms with E-state index in [1.165, 1.54) is 5.56 Å². The van der Waals surface area contributed by atoms with E-state index in [2.05, 4.69) is 30.0 Å². The van der Waals surface area contributed by atoms with Gasteiger partial charge < -0.3 is 0 Å². The van der Waals surface area contributed by atoms with E-state index in [9.17, 15) is 4.79 Å². The highest BCUT2D eigenvalue weighted by Gasteiger charge is 2.15. The Bertz CT molecular complexity index is 789. The van der Waals surface area contributed by atoms with Gasteiger partial charge >= 0.3 is 0 Å². The highest BCUT2D eigenvalue weighted by Crippen LogP contribution is 2.17. The van der Waals surface area contributed by atoms with Gasteiger partial charge in [-0.1, -0.05) is 32.0 Å². The van der Waals surface area contributed by atoms with Crippen LogP contribution in [0.1, 0.15) is 35.3 Å². The van der Waals surface area contributed by atoms with Crippen molar-refractivity contribution in [2.24, 2.45) is 5.92 Å². The number of fused-ring (bicyclic) bond motifs is 1. The van der Waals surface area contributed by atoms with Crippen molar-refractivity contribution in [2.75, 3.05) is 0 Å². The molecule has 0 unspecified atom stereocenters. The summed E-state index contributed by atoms with van der Waals surface area (Å²) in [6.45, 7) is 4.34. The van der Waals surface area contributed by atoms with Crippen LogP contribution in [0.3, 0.4) is 0 Å². The summed E-state index contributed by atoms with van der Waals surface area (Å²) < 4.78 is 1.66. The first-order valence-corrected chi connectivity index (χ1v) is 7.06. The summed E-state index contributed by atoms with van der Waals surface area (Å²) in [5, 5.41) is 4.19. The van der Waals surface area contributed by atoms with Gasteiger partial charge in [0.15, 0.2) is 5.78 Å². The van der Waals surface area contributed by atoms with E-state index >= 15 is 0 Å². The Kier molecular flexibility index (Phi) is 3.52. The second kappa shape index (κ2) is 5.48. The van der Waals surface area contributed by atoms with E-state index in [1.807, 2.05) is 18.2 Å². The zero-order valence-electron chi connectivity index (χ0n) is 12.2. The summed E-state index contributed by atoms with van der Waals surface area (Å²) in [5.74, 6) is 0.556. The lowest BCUT2D eigenvalue weighted by Crippen LogP contribution is -2.03. The molecule has 0 saturated heterocycles. The van der Waals surface area contributed by atoms with Crippen molar-refractivity contribution >= 4 is 11.3 Å². The van der Waals surface area contributed by atoms with Gasteiger partial charge in [0.2, 0.25) is 0 Å². The third kappa shape index (κ3) is 2.70. The molecule has 0 spiro atoms. The van der Waals surface area contributed by atoms with Gasteiger partial charge in [-0.25, -0.2) is 4.52 Å². The zero-order chi connectivity index (χ0) is 14.8. The maximum Gasteiger partial charge on any atom is 0.196 e. The molecule has 0 fully saturated rings. The average molecular weight is 279 g/mol. The maximum absolute atomic E-state index is 12.7. The molecule has 3 aromatic rings. The van der Waals surface area contributed by atoms with E-state index in [-0.39, 0.29) is 5.78 Å². The molecule has 0 aliphatic rings. The summed E-state index contributed by atoms with van der Waals surface area (Å²) in [4.78, 5) is 16.7. The minimum absolute atomic E-state index is 0.0105. The van der Waals surface area contributed by atoms with E-state index in [1.54, 1.807) is 29.3 Å². The first kappa shape index (κ1) is 13.5. The molecule has 0 aliphatic carbocycles. The minimum atomic E-state index is -0.0105. The van der Waals surface area contributed by atoms with Gasteiger partial charge in [-0.2, -0.15) is 5.10 Å². The van der Waals surface area contributed by atoms with E-state index in [0.29, 0.717) is 17.0 Å². The molecule has 3 rings (SSSR count). The highest BCUT2D eigenvalue weighted by molar-refractivity contribution is 6.12. The molecule has 21 heavy (non-hydrogen) atoms. The standard InChI is InChI=1S/C17H17N3O/c1-12(2)8-13-4-3-5-14(9-13)17(21)15-10-19-20-7-6-18-11-16(15)20/h3-7,9-12H,8H2,1-2H3. The summed E-state index contributed by atoms with van der Waals surface area (Å²) in [6, 6.07) is 7.83. The lowest BCUT2D eigenvalue weighted by molar-refractivity contribution is 0.104. The Labute approximate surface area is 123 Å². The van der Waals surface area contributed by atoms with Gasteiger partial charge in [0.05, 0.1) is 23.5 Å². The molecule has 0 saturated carbocycles. The third-order valence-corrected chi connectivity index (χ3v) is 3.40. The first-order valence-electron chi connectivity index (χ1n) is 7.06. The lowest BCUT2D eigenvalue weighted by Gasteiger charge is -2.06. The topological polar surface area (TPSA) is 47.3 Å². The number of carbonyl (C=O) groups excluding carboxylic acids is 1. The highest BCUT2D eigenvalue weighted by atomic mass is 16.1. The van der Waals surface area contributed by atoms with Gasteiger partial charge in [0.25, 0.3) is 0 Å². The zero-order valence-corrected chi connectivity index (χ0v) is 12.2. The SMILES string of the molecule is CC(C)Cc1cccc(C(=O)c2cnn3ccncc23)c1. The predicted molar refractivity (Wildman–Crippen MR) is 81.4 cm³/mol. The second-order valence-corrected chi connectivity index (χ2v) is 5.59. The van der Waals surface area contributed by atoms with Crippen molar-refractivity contribution in [3.05, 3.63) is 65.7 Å². The molecule has 0 radical (unpaired) electrons. The summed E-state index contributed by atoms with van der Waals surface area (Å²) in [5.41, 5.74) is 3.21. The fourth-order valence-corrected chi connectivity index (χ4v) is 2.48. The predicted octanol–water partition coefficient (Wildman–Crippen LogP) is 3.16. The number of hydrogen-bond donors (Lipinski definition) is 0. The van der Waals surface area contributed by atoms with Crippen LogP contribution in [0.15, 0.2) is 49.1 Å². The number of hydrogen-bond acceptors (Lipinski definition) is 3. The Morgan fingerprint density at radius 1 is 1.29 bits per heavy atom. The van der Waals surface area contributed by atoms with Crippen molar-refractivity contribution in [2.45, 2.75) is 20.3 Å². The normalized spacial score (nSPS) is 11.2. The van der Waals surface area contributed by atoms with Crippen LogP contribution in [0.4, 0.5) is 0 Å². The molecule has 0 aliphatic heterocycles. The van der Waals surface area contributed by atoms with Crippen LogP contribution in [0.2, 0.25) is 0 Å². The summed E-state index contributed by atoms with van der Waals surface area (Å²) in [7, 11) is 0. The Hall–Kier alpha value is -2.49. The molecule has 106 valence electrons. The van der Waals surface area contributed by atoms with Crippen LogP contribution < -0.4 is 0 Å². The van der Waals surface area contributed by atoms with Crippen molar-refractivity contribution in [1.82, 2.24) is 14.6 Å². The van der Waals surface area contributed by atoms with Crippen LogP contribution in [-0.4, -0.2) is 20.4 Å². The van der Waals surface area contributed by atoms with Gasteiger partial charge in [0.1, 0.15) is 0 Å². The fourth-order valence-electron chi connectivity index (χ4n) is 2.48. The fraction of sp³-hybridized carbons (Fsp3) is 0.235. The van der Waals surface area contributed by atoms with Crippen molar-refractivity contribution in [1.29, 1.82) is 0 Å². The lowest BCUT2D eigenvalue weighted by atomic mass is 9.98. The quantitative estimate of drug-likeness (QED) is 0.689. The number of benzene rings is 1. The summed E-state index contributed by atoms with van der Waals surface area (Å²) >= 11 is 0. The number of aromatic nitrogens is 3. The molecular weight excluding hydrogens is 262 g/mol. The number of rotatable bonds is 4. The summed E-state index contributed by atoms with van der Waals surface area (Å²) in [6.07, 6.45) is 7.63. The molecule has 2 aromatic heterocycles. The minimum Gasteiger partial charge on any atom is -0.288 e. The molecular formula is C17H17N3O. The van der Waals surface area contributed by atoms with E-state index < -0.39 is 0 Å². The van der Waals surface area contributed by atoms with Crippen molar-refractivity contribution in [3.63, 3.8) is 0 Å².